The number of anilines is 2. The zero-order valence-corrected chi connectivity index (χ0v) is 13.7. The summed E-state index contributed by atoms with van der Waals surface area (Å²) < 4.78 is 0. The monoisotopic (exact) mass is 291 g/mol. The van der Waals surface area contributed by atoms with E-state index in [4.69, 9.17) is 5.84 Å². The molecule has 2 rings (SSSR count). The van der Waals surface area contributed by atoms with Crippen LogP contribution >= 0.6 is 0 Å². The van der Waals surface area contributed by atoms with Crippen LogP contribution in [0.5, 0.6) is 0 Å². The number of hydrazine groups is 1. The van der Waals surface area contributed by atoms with Crippen molar-refractivity contribution in [2.75, 3.05) is 23.4 Å². The van der Waals surface area contributed by atoms with Gasteiger partial charge in [0.05, 0.1) is 0 Å². The van der Waals surface area contributed by atoms with Gasteiger partial charge in [0.25, 0.3) is 0 Å². The van der Waals surface area contributed by atoms with Gasteiger partial charge in [-0.3, -0.25) is 0 Å². The van der Waals surface area contributed by atoms with Gasteiger partial charge < -0.3 is 10.3 Å². The number of hydrogen-bond donors (Lipinski definition) is 2. The second kappa shape index (κ2) is 7.07. The summed E-state index contributed by atoms with van der Waals surface area (Å²) in [5, 5.41) is 0. The minimum atomic E-state index is 0.531. The predicted octanol–water partition coefficient (Wildman–Crippen LogP) is 3.12. The number of rotatable bonds is 6. The summed E-state index contributed by atoms with van der Waals surface area (Å²) in [5.41, 5.74) is 4.41. The third kappa shape index (κ3) is 3.28. The minimum absolute atomic E-state index is 0.531. The number of nitrogens with one attached hydrogen (secondary N) is 1. The van der Waals surface area contributed by atoms with Crippen LogP contribution in [0.2, 0.25) is 0 Å². The van der Waals surface area contributed by atoms with Crippen LogP contribution < -0.4 is 16.2 Å². The first-order valence-electron chi connectivity index (χ1n) is 8.25. The molecule has 0 spiro atoms. The van der Waals surface area contributed by atoms with Crippen molar-refractivity contribution in [2.45, 2.75) is 59.3 Å². The first-order chi connectivity index (χ1) is 10.2. The number of nitrogen functional groups attached to an aromatic ring is 1. The molecule has 0 aromatic carbocycles. The maximum atomic E-state index is 5.61. The van der Waals surface area contributed by atoms with Gasteiger partial charge in [-0.05, 0) is 24.7 Å². The molecule has 1 saturated heterocycles. The molecular weight excluding hydrogens is 262 g/mol. The largest absolute Gasteiger partial charge is 0.356 e. The lowest BCUT2D eigenvalue weighted by atomic mass is 9.74. The molecule has 3 N–H and O–H groups in total. The van der Waals surface area contributed by atoms with Crippen molar-refractivity contribution in [1.82, 2.24) is 9.97 Å². The summed E-state index contributed by atoms with van der Waals surface area (Å²) >= 11 is 0. The quantitative estimate of drug-likeness (QED) is 0.622. The third-order valence-corrected chi connectivity index (χ3v) is 5.18. The molecule has 1 aliphatic rings. The van der Waals surface area contributed by atoms with E-state index >= 15 is 0 Å². The van der Waals surface area contributed by atoms with Gasteiger partial charge in [-0.2, -0.15) is 0 Å². The van der Waals surface area contributed by atoms with Crippen molar-refractivity contribution in [3.05, 3.63) is 11.9 Å². The van der Waals surface area contributed by atoms with E-state index in [0.717, 1.165) is 43.1 Å². The fourth-order valence-corrected chi connectivity index (χ4v) is 3.43. The van der Waals surface area contributed by atoms with E-state index in [9.17, 15) is 0 Å². The van der Waals surface area contributed by atoms with Crippen molar-refractivity contribution in [2.24, 2.45) is 11.3 Å². The molecule has 21 heavy (non-hydrogen) atoms. The second-order valence-electron chi connectivity index (χ2n) is 6.11. The molecule has 5 nitrogen and oxygen atoms in total. The highest BCUT2D eigenvalue weighted by molar-refractivity contribution is 5.58. The molecule has 5 heteroatoms. The Kier molecular flexibility index (Phi) is 5.39. The summed E-state index contributed by atoms with van der Waals surface area (Å²) in [4.78, 5) is 11.2. The van der Waals surface area contributed by atoms with E-state index < -0.39 is 0 Å². The topological polar surface area (TPSA) is 67.1 Å². The van der Waals surface area contributed by atoms with E-state index in [1.54, 1.807) is 6.33 Å². The first-order valence-corrected chi connectivity index (χ1v) is 8.25. The highest BCUT2D eigenvalue weighted by Gasteiger charge is 2.32. The van der Waals surface area contributed by atoms with Crippen LogP contribution in [-0.2, 0) is 6.42 Å². The molecule has 118 valence electrons. The standard InChI is InChI=1S/C16H29N5/c1-4-7-13-14(20-17)18-12-19-15(13)21-10-8-16(5-2,6-3)9-11-21/h12H,4-11,17H2,1-3H3,(H,18,19,20). The van der Waals surface area contributed by atoms with E-state index in [-0.39, 0.29) is 0 Å². The van der Waals surface area contributed by atoms with Crippen molar-refractivity contribution >= 4 is 11.6 Å². The van der Waals surface area contributed by atoms with E-state index in [1.807, 2.05) is 0 Å². The molecule has 2 heterocycles. The zero-order chi connectivity index (χ0) is 15.3. The maximum absolute atomic E-state index is 5.61. The van der Waals surface area contributed by atoms with Crippen LogP contribution in [0.25, 0.3) is 0 Å². The summed E-state index contributed by atoms with van der Waals surface area (Å²) in [6.07, 6.45) is 8.69. The summed E-state index contributed by atoms with van der Waals surface area (Å²) in [6.45, 7) is 8.98. The molecule has 0 amide bonds. The van der Waals surface area contributed by atoms with Gasteiger partial charge in [0.2, 0.25) is 0 Å². The van der Waals surface area contributed by atoms with E-state index in [1.165, 1.54) is 25.7 Å². The Morgan fingerprint density at radius 3 is 2.38 bits per heavy atom. The molecule has 1 aromatic heterocycles. The van der Waals surface area contributed by atoms with Gasteiger partial charge >= 0.3 is 0 Å². The van der Waals surface area contributed by atoms with Crippen molar-refractivity contribution in [3.63, 3.8) is 0 Å². The number of hydrogen-bond acceptors (Lipinski definition) is 5. The van der Waals surface area contributed by atoms with Gasteiger partial charge in [0.1, 0.15) is 18.0 Å². The molecule has 1 aromatic rings. The third-order valence-electron chi connectivity index (χ3n) is 5.18. The van der Waals surface area contributed by atoms with E-state index in [2.05, 4.69) is 41.1 Å². The fraction of sp³-hybridized carbons (Fsp3) is 0.750. The van der Waals surface area contributed by atoms with Gasteiger partial charge in [-0.1, -0.05) is 40.0 Å². The highest BCUT2D eigenvalue weighted by Crippen LogP contribution is 2.39. The average molecular weight is 291 g/mol. The lowest BCUT2D eigenvalue weighted by Gasteiger charge is -2.42. The number of aromatic nitrogens is 2. The van der Waals surface area contributed by atoms with Gasteiger partial charge in [-0.15, -0.1) is 0 Å². The zero-order valence-electron chi connectivity index (χ0n) is 13.7. The van der Waals surface area contributed by atoms with Crippen molar-refractivity contribution < 1.29 is 0 Å². The number of nitrogens with zero attached hydrogens (tertiary/aromatic N) is 3. The van der Waals surface area contributed by atoms with Gasteiger partial charge in [-0.25, -0.2) is 15.8 Å². The normalized spacial score (nSPS) is 17.8. The maximum Gasteiger partial charge on any atom is 0.148 e. The molecule has 1 aliphatic heterocycles. The number of nitrogens with two attached hydrogens (primary N) is 1. The molecule has 1 fully saturated rings. The van der Waals surface area contributed by atoms with Crippen molar-refractivity contribution in [3.8, 4) is 0 Å². The van der Waals surface area contributed by atoms with Crippen LogP contribution in [0.15, 0.2) is 6.33 Å². The first kappa shape index (κ1) is 16.0. The molecule has 0 bridgehead atoms. The summed E-state index contributed by atoms with van der Waals surface area (Å²) in [7, 11) is 0. The Morgan fingerprint density at radius 1 is 1.19 bits per heavy atom. The molecule has 0 atom stereocenters. The lowest BCUT2D eigenvalue weighted by molar-refractivity contribution is 0.199. The molecule has 0 aliphatic carbocycles. The van der Waals surface area contributed by atoms with Crippen LogP contribution in [0.1, 0.15) is 58.4 Å². The second-order valence-corrected chi connectivity index (χ2v) is 6.11. The predicted molar refractivity (Wildman–Crippen MR) is 88.3 cm³/mol. The van der Waals surface area contributed by atoms with Gasteiger partial charge in [0.15, 0.2) is 0 Å². The fourth-order valence-electron chi connectivity index (χ4n) is 3.43. The summed E-state index contributed by atoms with van der Waals surface area (Å²) in [5.74, 6) is 7.44. The van der Waals surface area contributed by atoms with Crippen LogP contribution in [0, 0.1) is 5.41 Å². The van der Waals surface area contributed by atoms with Gasteiger partial charge in [0, 0.05) is 18.7 Å². The number of piperidine rings is 1. The molecular formula is C16H29N5. The Labute approximate surface area is 128 Å². The van der Waals surface area contributed by atoms with E-state index in [0.29, 0.717) is 5.41 Å². The summed E-state index contributed by atoms with van der Waals surface area (Å²) in [6, 6.07) is 0. The minimum Gasteiger partial charge on any atom is -0.356 e. The van der Waals surface area contributed by atoms with Crippen LogP contribution in [0.3, 0.4) is 0 Å². The Bertz CT molecular complexity index is 446. The van der Waals surface area contributed by atoms with Crippen LogP contribution in [0.4, 0.5) is 11.6 Å². The smallest absolute Gasteiger partial charge is 0.148 e. The average Bonchev–Trinajstić information content (AvgIpc) is 2.55. The molecule has 0 radical (unpaired) electrons. The lowest BCUT2D eigenvalue weighted by Crippen LogP contribution is -2.40. The Hall–Kier alpha value is -1.36. The Balaban J connectivity index is 2.20. The van der Waals surface area contributed by atoms with Crippen LogP contribution in [-0.4, -0.2) is 23.1 Å². The Morgan fingerprint density at radius 2 is 1.86 bits per heavy atom. The highest BCUT2D eigenvalue weighted by atomic mass is 15.3. The SMILES string of the molecule is CCCc1c(NN)ncnc1N1CCC(CC)(CC)CC1. The molecule has 0 saturated carbocycles. The molecule has 0 unspecified atom stereocenters. The van der Waals surface area contributed by atoms with Crippen molar-refractivity contribution in [1.29, 1.82) is 0 Å².